The van der Waals surface area contributed by atoms with Crippen molar-refractivity contribution >= 4 is 11.7 Å². The molecule has 1 amide bonds. The lowest BCUT2D eigenvalue weighted by atomic mass is 9.97. The number of hydrogen-bond acceptors (Lipinski definition) is 3. The van der Waals surface area contributed by atoms with E-state index in [-0.39, 0.29) is 11.8 Å². The molecular formula is C12H17N3O. The van der Waals surface area contributed by atoms with E-state index in [1.807, 2.05) is 19.1 Å². The van der Waals surface area contributed by atoms with Gasteiger partial charge in [-0.1, -0.05) is 0 Å². The molecule has 0 saturated carbocycles. The Morgan fingerprint density at radius 1 is 1.50 bits per heavy atom. The number of hydrogen-bond donors (Lipinski definition) is 2. The van der Waals surface area contributed by atoms with Crippen molar-refractivity contribution in [2.45, 2.75) is 19.8 Å². The van der Waals surface area contributed by atoms with E-state index < -0.39 is 0 Å². The molecule has 1 aliphatic heterocycles. The van der Waals surface area contributed by atoms with Crippen LogP contribution in [0.1, 0.15) is 18.4 Å². The van der Waals surface area contributed by atoms with E-state index in [0.717, 1.165) is 31.5 Å². The lowest BCUT2D eigenvalue weighted by Crippen LogP contribution is -2.34. The van der Waals surface area contributed by atoms with Gasteiger partial charge in [-0.3, -0.25) is 4.79 Å². The first-order valence-corrected chi connectivity index (χ1v) is 5.70. The lowest BCUT2D eigenvalue weighted by Gasteiger charge is -2.21. The molecule has 2 N–H and O–H groups in total. The van der Waals surface area contributed by atoms with Crippen LogP contribution in [0.15, 0.2) is 18.3 Å². The topological polar surface area (TPSA) is 54.0 Å². The van der Waals surface area contributed by atoms with Crippen molar-refractivity contribution in [3.63, 3.8) is 0 Å². The second kappa shape index (κ2) is 5.07. The van der Waals surface area contributed by atoms with Gasteiger partial charge in [0.2, 0.25) is 5.91 Å². The Morgan fingerprint density at radius 2 is 2.25 bits per heavy atom. The zero-order chi connectivity index (χ0) is 11.4. The van der Waals surface area contributed by atoms with Gasteiger partial charge in [0.1, 0.15) is 5.82 Å². The van der Waals surface area contributed by atoms with E-state index in [4.69, 9.17) is 0 Å². The fourth-order valence-electron chi connectivity index (χ4n) is 1.92. The zero-order valence-electron chi connectivity index (χ0n) is 9.49. The predicted molar refractivity (Wildman–Crippen MR) is 63.2 cm³/mol. The van der Waals surface area contributed by atoms with Crippen LogP contribution in [0.25, 0.3) is 0 Å². The summed E-state index contributed by atoms with van der Waals surface area (Å²) >= 11 is 0. The van der Waals surface area contributed by atoms with Gasteiger partial charge in [-0.2, -0.15) is 0 Å². The Balaban J connectivity index is 1.96. The van der Waals surface area contributed by atoms with E-state index in [2.05, 4.69) is 15.6 Å². The highest BCUT2D eigenvalue weighted by molar-refractivity contribution is 5.91. The number of aromatic nitrogens is 1. The standard InChI is InChI=1S/C12H17N3O/c1-9-2-7-14-11(8-9)15-12(16)10-3-5-13-6-4-10/h2,7-8,10,13H,3-6H2,1H3,(H,14,15,16). The van der Waals surface area contributed by atoms with E-state index in [1.165, 1.54) is 0 Å². The van der Waals surface area contributed by atoms with Gasteiger partial charge in [0.15, 0.2) is 0 Å². The summed E-state index contributed by atoms with van der Waals surface area (Å²) in [6, 6.07) is 3.80. The molecule has 0 bridgehead atoms. The number of aryl methyl sites for hydroxylation is 1. The van der Waals surface area contributed by atoms with Crippen molar-refractivity contribution in [1.82, 2.24) is 10.3 Å². The van der Waals surface area contributed by atoms with Crippen molar-refractivity contribution < 1.29 is 4.79 Å². The van der Waals surface area contributed by atoms with Gasteiger partial charge >= 0.3 is 0 Å². The van der Waals surface area contributed by atoms with Gasteiger partial charge in [0, 0.05) is 12.1 Å². The first kappa shape index (κ1) is 11.1. The summed E-state index contributed by atoms with van der Waals surface area (Å²) < 4.78 is 0. The molecule has 86 valence electrons. The van der Waals surface area contributed by atoms with E-state index in [9.17, 15) is 4.79 Å². The average molecular weight is 219 g/mol. The Labute approximate surface area is 95.5 Å². The monoisotopic (exact) mass is 219 g/mol. The SMILES string of the molecule is Cc1ccnc(NC(=O)C2CCNCC2)c1. The number of pyridine rings is 1. The third-order valence-corrected chi connectivity index (χ3v) is 2.88. The minimum absolute atomic E-state index is 0.0969. The third kappa shape index (κ3) is 2.79. The maximum atomic E-state index is 11.9. The van der Waals surface area contributed by atoms with Crippen LogP contribution in [0, 0.1) is 12.8 Å². The highest BCUT2D eigenvalue weighted by atomic mass is 16.1. The van der Waals surface area contributed by atoms with Crippen LogP contribution in [-0.2, 0) is 4.79 Å². The summed E-state index contributed by atoms with van der Waals surface area (Å²) in [6.45, 7) is 3.85. The molecule has 1 fully saturated rings. The van der Waals surface area contributed by atoms with Gasteiger partial charge in [0.25, 0.3) is 0 Å². The zero-order valence-corrected chi connectivity index (χ0v) is 9.49. The highest BCUT2D eigenvalue weighted by Crippen LogP contribution is 2.14. The summed E-state index contributed by atoms with van der Waals surface area (Å²) in [5, 5.41) is 6.12. The molecule has 4 heteroatoms. The van der Waals surface area contributed by atoms with Crippen LogP contribution >= 0.6 is 0 Å². The highest BCUT2D eigenvalue weighted by Gasteiger charge is 2.20. The van der Waals surface area contributed by atoms with Gasteiger partial charge < -0.3 is 10.6 Å². The number of nitrogens with one attached hydrogen (secondary N) is 2. The summed E-state index contributed by atoms with van der Waals surface area (Å²) in [5.41, 5.74) is 1.11. The van der Waals surface area contributed by atoms with Gasteiger partial charge in [-0.05, 0) is 50.6 Å². The molecule has 1 saturated heterocycles. The molecule has 0 aliphatic carbocycles. The summed E-state index contributed by atoms with van der Waals surface area (Å²) in [6.07, 6.45) is 3.54. The third-order valence-electron chi connectivity index (χ3n) is 2.88. The molecule has 4 nitrogen and oxygen atoms in total. The van der Waals surface area contributed by atoms with Crippen LogP contribution in [0.3, 0.4) is 0 Å². The van der Waals surface area contributed by atoms with E-state index in [1.54, 1.807) is 6.20 Å². The van der Waals surface area contributed by atoms with Crippen LogP contribution in [0.4, 0.5) is 5.82 Å². The average Bonchev–Trinajstić information content (AvgIpc) is 2.30. The van der Waals surface area contributed by atoms with Crippen molar-refractivity contribution in [3.05, 3.63) is 23.9 Å². The van der Waals surface area contributed by atoms with Crippen molar-refractivity contribution in [2.24, 2.45) is 5.92 Å². The molecule has 0 aromatic carbocycles. The minimum Gasteiger partial charge on any atom is -0.317 e. The Bertz CT molecular complexity index is 372. The minimum atomic E-state index is 0.0969. The Hall–Kier alpha value is -1.42. The van der Waals surface area contributed by atoms with Crippen LogP contribution < -0.4 is 10.6 Å². The molecule has 2 rings (SSSR count). The number of rotatable bonds is 2. The molecule has 0 spiro atoms. The number of nitrogens with zero attached hydrogens (tertiary/aromatic N) is 1. The van der Waals surface area contributed by atoms with Gasteiger partial charge in [0.05, 0.1) is 0 Å². The largest absolute Gasteiger partial charge is 0.317 e. The van der Waals surface area contributed by atoms with Gasteiger partial charge in [-0.25, -0.2) is 4.98 Å². The van der Waals surface area contributed by atoms with Crippen LogP contribution in [0.2, 0.25) is 0 Å². The Morgan fingerprint density at radius 3 is 2.94 bits per heavy atom. The molecule has 2 heterocycles. The predicted octanol–water partition coefficient (Wildman–Crippen LogP) is 1.33. The second-order valence-electron chi connectivity index (χ2n) is 4.23. The fraction of sp³-hybridized carbons (Fsp3) is 0.500. The smallest absolute Gasteiger partial charge is 0.228 e. The normalized spacial score (nSPS) is 17.1. The molecular weight excluding hydrogens is 202 g/mol. The molecule has 0 atom stereocenters. The van der Waals surface area contributed by atoms with E-state index in [0.29, 0.717) is 5.82 Å². The van der Waals surface area contributed by atoms with E-state index >= 15 is 0 Å². The number of carbonyl (C=O) groups excluding carboxylic acids is 1. The fourth-order valence-corrected chi connectivity index (χ4v) is 1.92. The molecule has 1 aromatic rings. The quantitative estimate of drug-likeness (QED) is 0.789. The number of anilines is 1. The first-order valence-electron chi connectivity index (χ1n) is 5.70. The maximum absolute atomic E-state index is 11.9. The molecule has 1 aromatic heterocycles. The van der Waals surface area contributed by atoms with Crippen molar-refractivity contribution in [2.75, 3.05) is 18.4 Å². The molecule has 16 heavy (non-hydrogen) atoms. The Kier molecular flexibility index (Phi) is 3.51. The summed E-state index contributed by atoms with van der Waals surface area (Å²) in [4.78, 5) is 16.0. The van der Waals surface area contributed by atoms with Crippen LogP contribution in [-0.4, -0.2) is 24.0 Å². The van der Waals surface area contributed by atoms with Crippen molar-refractivity contribution in [3.8, 4) is 0 Å². The number of piperidine rings is 1. The molecule has 0 radical (unpaired) electrons. The number of carbonyl (C=O) groups is 1. The maximum Gasteiger partial charge on any atom is 0.228 e. The molecule has 0 unspecified atom stereocenters. The first-order chi connectivity index (χ1) is 7.75. The van der Waals surface area contributed by atoms with Crippen molar-refractivity contribution in [1.29, 1.82) is 0 Å². The summed E-state index contributed by atoms with van der Waals surface area (Å²) in [7, 11) is 0. The second-order valence-corrected chi connectivity index (χ2v) is 4.23. The molecule has 1 aliphatic rings. The van der Waals surface area contributed by atoms with Crippen LogP contribution in [0.5, 0.6) is 0 Å². The van der Waals surface area contributed by atoms with Gasteiger partial charge in [-0.15, -0.1) is 0 Å². The number of amides is 1. The summed E-state index contributed by atoms with van der Waals surface area (Å²) in [5.74, 6) is 0.881. The lowest BCUT2D eigenvalue weighted by molar-refractivity contribution is -0.120.